The molecule has 0 spiro atoms. The minimum absolute atomic E-state index is 0.00797. The molecule has 1 saturated heterocycles. The summed E-state index contributed by atoms with van der Waals surface area (Å²) in [5, 5.41) is 9.93. The highest BCUT2D eigenvalue weighted by molar-refractivity contribution is 5.87. The van der Waals surface area contributed by atoms with Crippen LogP contribution in [0.3, 0.4) is 0 Å². The molecule has 1 aromatic heterocycles. The van der Waals surface area contributed by atoms with E-state index < -0.39 is 11.7 Å². The van der Waals surface area contributed by atoms with Gasteiger partial charge in [-0.3, -0.25) is 4.79 Å². The first-order valence-corrected chi connectivity index (χ1v) is 7.46. The van der Waals surface area contributed by atoms with Crippen LogP contribution in [0.4, 0.5) is 0 Å². The van der Waals surface area contributed by atoms with Crippen LogP contribution in [0.2, 0.25) is 0 Å². The summed E-state index contributed by atoms with van der Waals surface area (Å²) < 4.78 is 5.64. The number of Topliss-reactive ketones (excluding diaryl/α,β-unsaturated/α-hetero) is 1. The van der Waals surface area contributed by atoms with Gasteiger partial charge in [0.2, 0.25) is 6.29 Å². The molecule has 2 heterocycles. The Balaban J connectivity index is 2.23. The van der Waals surface area contributed by atoms with Gasteiger partial charge in [0.15, 0.2) is 5.78 Å². The number of hydrogen-bond acceptors (Lipinski definition) is 4. The standard InChI is InChI=1S/C16H26N2O3/c1-15(2,3)11(6-10-8-17-9-18-10)12-7-16(4,5)13(19)14(20)21-12/h8-9,11-12,14,20H,6-7H2,1-5H3,(H,17,18)/t11?,12?,14-/m1/s1. The Morgan fingerprint density at radius 3 is 2.67 bits per heavy atom. The lowest BCUT2D eigenvalue weighted by molar-refractivity contribution is -0.209. The molecule has 1 aromatic rings. The summed E-state index contributed by atoms with van der Waals surface area (Å²) in [6.07, 6.45) is 3.42. The number of aromatic amines is 1. The molecule has 0 aromatic carbocycles. The van der Waals surface area contributed by atoms with Gasteiger partial charge in [-0.05, 0) is 24.2 Å². The number of carbonyl (C=O) groups is 1. The van der Waals surface area contributed by atoms with Crippen molar-refractivity contribution in [3.05, 3.63) is 18.2 Å². The molecule has 0 saturated carbocycles. The van der Waals surface area contributed by atoms with Gasteiger partial charge in [0, 0.05) is 17.3 Å². The van der Waals surface area contributed by atoms with Crippen LogP contribution in [0.5, 0.6) is 0 Å². The second-order valence-corrected chi connectivity index (χ2v) is 7.73. The van der Waals surface area contributed by atoms with Crippen molar-refractivity contribution in [2.24, 2.45) is 16.7 Å². The van der Waals surface area contributed by atoms with Crippen LogP contribution in [0.15, 0.2) is 12.5 Å². The summed E-state index contributed by atoms with van der Waals surface area (Å²) in [4.78, 5) is 19.2. The number of ether oxygens (including phenoxy) is 1. The zero-order chi connectivity index (χ0) is 15.8. The number of nitrogens with one attached hydrogen (secondary N) is 1. The summed E-state index contributed by atoms with van der Waals surface area (Å²) in [6.45, 7) is 10.2. The molecule has 3 atom stereocenters. The van der Waals surface area contributed by atoms with E-state index in [1.54, 1.807) is 6.33 Å². The van der Waals surface area contributed by atoms with Crippen LogP contribution in [0, 0.1) is 16.7 Å². The maximum absolute atomic E-state index is 12.0. The van der Waals surface area contributed by atoms with Gasteiger partial charge in [0.05, 0.1) is 12.4 Å². The lowest BCUT2D eigenvalue weighted by Crippen LogP contribution is -2.51. The Bertz CT molecular complexity index is 488. The molecule has 5 heteroatoms. The Hall–Kier alpha value is -1.20. The second kappa shape index (κ2) is 5.54. The maximum atomic E-state index is 12.0. The monoisotopic (exact) mass is 294 g/mol. The van der Waals surface area contributed by atoms with Crippen molar-refractivity contribution in [1.29, 1.82) is 0 Å². The minimum atomic E-state index is -1.31. The second-order valence-electron chi connectivity index (χ2n) is 7.73. The van der Waals surface area contributed by atoms with Crippen LogP contribution >= 0.6 is 0 Å². The third-order valence-corrected chi connectivity index (χ3v) is 4.46. The smallest absolute Gasteiger partial charge is 0.216 e. The van der Waals surface area contributed by atoms with E-state index in [-0.39, 0.29) is 23.2 Å². The zero-order valence-electron chi connectivity index (χ0n) is 13.5. The number of rotatable bonds is 3. The average Bonchev–Trinajstić information content (AvgIpc) is 2.83. The van der Waals surface area contributed by atoms with Crippen molar-refractivity contribution < 1.29 is 14.6 Å². The largest absolute Gasteiger partial charge is 0.362 e. The normalized spacial score (nSPS) is 27.6. The van der Waals surface area contributed by atoms with Crippen LogP contribution in [0.1, 0.15) is 46.7 Å². The molecule has 0 amide bonds. The quantitative estimate of drug-likeness (QED) is 0.897. The van der Waals surface area contributed by atoms with E-state index in [2.05, 4.69) is 30.7 Å². The molecule has 0 aliphatic carbocycles. The molecule has 2 unspecified atom stereocenters. The molecule has 0 radical (unpaired) electrons. The first kappa shape index (κ1) is 16.2. The van der Waals surface area contributed by atoms with Crippen LogP contribution in [0.25, 0.3) is 0 Å². The van der Waals surface area contributed by atoms with Crippen molar-refractivity contribution in [2.75, 3.05) is 0 Å². The van der Waals surface area contributed by atoms with E-state index in [0.717, 1.165) is 12.1 Å². The van der Waals surface area contributed by atoms with Crippen LogP contribution in [-0.2, 0) is 16.0 Å². The average molecular weight is 294 g/mol. The third kappa shape index (κ3) is 3.52. The van der Waals surface area contributed by atoms with Crippen LogP contribution < -0.4 is 0 Å². The van der Waals surface area contributed by atoms with Crippen molar-refractivity contribution >= 4 is 5.78 Å². The molecule has 21 heavy (non-hydrogen) atoms. The highest BCUT2D eigenvalue weighted by atomic mass is 16.6. The summed E-state index contributed by atoms with van der Waals surface area (Å²) in [7, 11) is 0. The van der Waals surface area contributed by atoms with Gasteiger partial charge in [0.25, 0.3) is 0 Å². The number of H-pyrrole nitrogens is 1. The van der Waals surface area contributed by atoms with Gasteiger partial charge in [-0.2, -0.15) is 0 Å². The van der Waals surface area contributed by atoms with Gasteiger partial charge in [-0.25, -0.2) is 4.98 Å². The molecule has 1 aliphatic heterocycles. The number of hydrogen-bond donors (Lipinski definition) is 2. The van der Waals surface area contributed by atoms with Crippen molar-refractivity contribution in [3.8, 4) is 0 Å². The van der Waals surface area contributed by atoms with Crippen LogP contribution in [-0.4, -0.2) is 33.3 Å². The molecule has 5 nitrogen and oxygen atoms in total. The van der Waals surface area contributed by atoms with Gasteiger partial charge >= 0.3 is 0 Å². The van der Waals surface area contributed by atoms with Crippen molar-refractivity contribution in [3.63, 3.8) is 0 Å². The number of ketones is 1. The molecule has 118 valence electrons. The van der Waals surface area contributed by atoms with E-state index in [1.807, 2.05) is 20.0 Å². The van der Waals surface area contributed by atoms with Gasteiger partial charge < -0.3 is 14.8 Å². The topological polar surface area (TPSA) is 75.2 Å². The molecule has 2 rings (SSSR count). The Morgan fingerprint density at radius 2 is 2.19 bits per heavy atom. The van der Waals surface area contributed by atoms with E-state index in [4.69, 9.17) is 4.74 Å². The Morgan fingerprint density at radius 1 is 1.52 bits per heavy atom. The number of aromatic nitrogens is 2. The SMILES string of the molecule is CC1(C)CC(C(Cc2cnc[nH]2)C(C)(C)C)O[C@@H](O)C1=O. The molecular weight excluding hydrogens is 268 g/mol. The molecular formula is C16H26N2O3. The number of aliphatic hydroxyl groups excluding tert-OH is 1. The number of aliphatic hydroxyl groups is 1. The zero-order valence-corrected chi connectivity index (χ0v) is 13.5. The first-order chi connectivity index (χ1) is 9.61. The summed E-state index contributed by atoms with van der Waals surface area (Å²) in [5.74, 6) is -0.0482. The van der Waals surface area contributed by atoms with E-state index in [1.165, 1.54) is 0 Å². The lowest BCUT2D eigenvalue weighted by Gasteiger charge is -2.44. The number of carbonyl (C=O) groups excluding carboxylic acids is 1. The maximum Gasteiger partial charge on any atom is 0.216 e. The highest BCUT2D eigenvalue weighted by Gasteiger charge is 2.46. The van der Waals surface area contributed by atoms with E-state index >= 15 is 0 Å². The molecule has 1 fully saturated rings. The minimum Gasteiger partial charge on any atom is -0.362 e. The highest BCUT2D eigenvalue weighted by Crippen LogP contribution is 2.41. The Kier molecular flexibility index (Phi) is 4.26. The summed E-state index contributed by atoms with van der Waals surface area (Å²) >= 11 is 0. The van der Waals surface area contributed by atoms with Crippen molar-refractivity contribution in [2.45, 2.75) is 59.9 Å². The predicted molar refractivity (Wildman–Crippen MR) is 79.5 cm³/mol. The Labute approximate surface area is 126 Å². The van der Waals surface area contributed by atoms with E-state index in [0.29, 0.717) is 6.42 Å². The van der Waals surface area contributed by atoms with Gasteiger partial charge in [-0.15, -0.1) is 0 Å². The fraction of sp³-hybridized carbons (Fsp3) is 0.750. The fourth-order valence-electron chi connectivity index (χ4n) is 3.08. The fourth-order valence-corrected chi connectivity index (χ4v) is 3.08. The molecule has 1 aliphatic rings. The summed E-state index contributed by atoms with van der Waals surface area (Å²) in [6, 6.07) is 0. The third-order valence-electron chi connectivity index (χ3n) is 4.46. The van der Waals surface area contributed by atoms with Gasteiger partial charge in [0.1, 0.15) is 0 Å². The summed E-state index contributed by atoms with van der Waals surface area (Å²) in [5.41, 5.74) is 0.480. The number of imidazole rings is 1. The van der Waals surface area contributed by atoms with E-state index in [9.17, 15) is 9.90 Å². The molecule has 2 N–H and O–H groups in total. The molecule has 0 bridgehead atoms. The van der Waals surface area contributed by atoms with Crippen molar-refractivity contribution in [1.82, 2.24) is 9.97 Å². The first-order valence-electron chi connectivity index (χ1n) is 7.46. The lowest BCUT2D eigenvalue weighted by atomic mass is 9.69. The predicted octanol–water partition coefficient (Wildman–Crippen LogP) is 2.32. The number of nitrogens with zero attached hydrogens (tertiary/aromatic N) is 1. The van der Waals surface area contributed by atoms with Gasteiger partial charge in [-0.1, -0.05) is 34.6 Å².